The Morgan fingerprint density at radius 3 is 1.71 bits per heavy atom. The molecule has 0 aromatic carbocycles. The molecule has 0 saturated carbocycles. The fraction of sp³-hybridized carbons (Fsp3) is 1.00. The fourth-order valence-corrected chi connectivity index (χ4v) is 1.82. The lowest BCUT2D eigenvalue weighted by Crippen LogP contribution is -1.89. The minimum Gasteiger partial charge on any atom is -0.389 e. The first kappa shape index (κ1) is 5.49. The van der Waals surface area contributed by atoms with Gasteiger partial charge >= 0.3 is 0 Å². The minimum absolute atomic E-state index is 0.199. The number of aliphatic hydroxyl groups excluding tert-OH is 2. The van der Waals surface area contributed by atoms with E-state index in [1.165, 1.54) is 0 Å². The molecule has 0 aliphatic carbocycles. The van der Waals surface area contributed by atoms with Gasteiger partial charge in [-0.25, -0.2) is 0 Å². The number of rotatable bonds is 0. The molecule has 1 rings (SSSR count). The van der Waals surface area contributed by atoms with Crippen molar-refractivity contribution in [3.8, 4) is 0 Å². The molecule has 2 atom stereocenters. The molecule has 0 aromatic rings. The van der Waals surface area contributed by atoms with Crippen molar-refractivity contribution < 1.29 is 10.2 Å². The van der Waals surface area contributed by atoms with Gasteiger partial charge in [0.2, 0.25) is 0 Å². The van der Waals surface area contributed by atoms with Gasteiger partial charge in [0.15, 0.2) is 0 Å². The van der Waals surface area contributed by atoms with E-state index in [9.17, 15) is 0 Å². The molecule has 0 amide bonds. The standard InChI is InChI=1S/C4H9O2P/c5-3-1-2-4(6)7-3/h3-7H,1-2H2. The van der Waals surface area contributed by atoms with Crippen molar-refractivity contribution in [3.05, 3.63) is 0 Å². The molecule has 0 radical (unpaired) electrons. The molecule has 1 saturated heterocycles. The third kappa shape index (κ3) is 1.37. The molecule has 0 spiro atoms. The predicted octanol–water partition coefficient (Wildman–Crippen LogP) is 0.0955. The summed E-state index contributed by atoms with van der Waals surface area (Å²) in [5.74, 6) is -0.398. The molecule has 0 bridgehead atoms. The van der Waals surface area contributed by atoms with Crippen LogP contribution in [-0.2, 0) is 0 Å². The first-order chi connectivity index (χ1) is 3.29. The summed E-state index contributed by atoms with van der Waals surface area (Å²) in [5.41, 5.74) is 0. The Morgan fingerprint density at radius 1 is 1.14 bits per heavy atom. The first-order valence-corrected chi connectivity index (χ1v) is 3.56. The lowest BCUT2D eigenvalue weighted by Gasteiger charge is -1.96. The topological polar surface area (TPSA) is 40.5 Å². The summed E-state index contributed by atoms with van der Waals surface area (Å²) in [6.45, 7) is 0. The van der Waals surface area contributed by atoms with Crippen LogP contribution in [0.25, 0.3) is 0 Å². The number of hydrogen-bond acceptors (Lipinski definition) is 2. The monoisotopic (exact) mass is 120 g/mol. The van der Waals surface area contributed by atoms with Crippen molar-refractivity contribution in [3.63, 3.8) is 0 Å². The Morgan fingerprint density at radius 2 is 1.57 bits per heavy atom. The van der Waals surface area contributed by atoms with Crippen molar-refractivity contribution in [2.24, 2.45) is 0 Å². The van der Waals surface area contributed by atoms with Crippen molar-refractivity contribution >= 4 is 8.58 Å². The van der Waals surface area contributed by atoms with Crippen LogP contribution in [0.5, 0.6) is 0 Å². The summed E-state index contributed by atoms with van der Waals surface area (Å²) in [6.07, 6.45) is 1.58. The van der Waals surface area contributed by atoms with E-state index >= 15 is 0 Å². The Hall–Kier alpha value is 0.350. The van der Waals surface area contributed by atoms with Crippen LogP contribution in [0, 0.1) is 0 Å². The molecule has 1 heterocycles. The van der Waals surface area contributed by atoms with E-state index in [1.807, 2.05) is 0 Å². The molecule has 0 aromatic heterocycles. The van der Waals surface area contributed by atoms with Gasteiger partial charge in [0.1, 0.15) is 0 Å². The van der Waals surface area contributed by atoms with Gasteiger partial charge < -0.3 is 10.2 Å². The van der Waals surface area contributed by atoms with E-state index in [0.717, 1.165) is 12.8 Å². The summed E-state index contributed by atoms with van der Waals surface area (Å²) >= 11 is 0. The van der Waals surface area contributed by atoms with Gasteiger partial charge in [-0.15, -0.1) is 0 Å². The van der Waals surface area contributed by atoms with Gasteiger partial charge in [0.25, 0.3) is 0 Å². The zero-order valence-corrected chi connectivity index (χ0v) is 4.96. The molecule has 1 aliphatic heterocycles. The van der Waals surface area contributed by atoms with E-state index in [2.05, 4.69) is 0 Å². The maximum atomic E-state index is 8.75. The molecular weight excluding hydrogens is 111 g/mol. The zero-order chi connectivity index (χ0) is 5.28. The quantitative estimate of drug-likeness (QED) is 0.445. The second-order valence-electron chi connectivity index (χ2n) is 1.78. The van der Waals surface area contributed by atoms with Crippen LogP contribution in [0.15, 0.2) is 0 Å². The highest BCUT2D eigenvalue weighted by Crippen LogP contribution is 2.35. The second kappa shape index (κ2) is 2.08. The molecule has 1 aliphatic rings. The fourth-order valence-electron chi connectivity index (χ4n) is 0.704. The molecule has 3 heteroatoms. The summed E-state index contributed by atoms with van der Waals surface area (Å²) < 4.78 is 0. The van der Waals surface area contributed by atoms with Crippen LogP contribution in [0.4, 0.5) is 0 Å². The molecule has 1 fully saturated rings. The van der Waals surface area contributed by atoms with E-state index in [0.29, 0.717) is 8.58 Å². The third-order valence-electron chi connectivity index (χ3n) is 1.10. The predicted molar refractivity (Wildman–Crippen MR) is 29.6 cm³/mol. The van der Waals surface area contributed by atoms with Crippen LogP contribution in [0.3, 0.4) is 0 Å². The van der Waals surface area contributed by atoms with Gasteiger partial charge in [-0.3, -0.25) is 0 Å². The Balaban J connectivity index is 2.26. The van der Waals surface area contributed by atoms with E-state index in [1.54, 1.807) is 0 Å². The lowest BCUT2D eigenvalue weighted by molar-refractivity contribution is 0.237. The van der Waals surface area contributed by atoms with Crippen molar-refractivity contribution in [1.29, 1.82) is 0 Å². The highest BCUT2D eigenvalue weighted by atomic mass is 31.1. The SMILES string of the molecule is OC1CCC(O)P1. The third-order valence-corrected chi connectivity index (χ3v) is 2.45. The molecule has 2 unspecified atom stereocenters. The smallest absolute Gasteiger partial charge is 0.0728 e. The molecule has 2 N–H and O–H groups in total. The minimum atomic E-state index is -0.199. The van der Waals surface area contributed by atoms with Crippen LogP contribution in [0.2, 0.25) is 0 Å². The first-order valence-electron chi connectivity index (χ1n) is 2.41. The zero-order valence-electron chi connectivity index (χ0n) is 3.96. The van der Waals surface area contributed by atoms with Crippen LogP contribution >= 0.6 is 8.58 Å². The van der Waals surface area contributed by atoms with Gasteiger partial charge in [0, 0.05) is 0 Å². The van der Waals surface area contributed by atoms with Crippen molar-refractivity contribution in [2.75, 3.05) is 0 Å². The van der Waals surface area contributed by atoms with E-state index < -0.39 is 0 Å². The summed E-state index contributed by atoms with van der Waals surface area (Å²) in [4.78, 5) is 0. The Labute approximate surface area is 44.3 Å². The normalized spacial score (nSPS) is 45.4. The van der Waals surface area contributed by atoms with Crippen LogP contribution in [-0.4, -0.2) is 21.9 Å². The Bertz CT molecular complexity index is 58.7. The largest absolute Gasteiger partial charge is 0.389 e. The number of hydrogen-bond donors (Lipinski definition) is 2. The number of aliphatic hydroxyl groups is 2. The van der Waals surface area contributed by atoms with Gasteiger partial charge in [0.05, 0.1) is 11.7 Å². The average molecular weight is 120 g/mol. The maximum Gasteiger partial charge on any atom is 0.0728 e. The van der Waals surface area contributed by atoms with Crippen LogP contribution in [0.1, 0.15) is 12.8 Å². The van der Waals surface area contributed by atoms with E-state index in [-0.39, 0.29) is 11.7 Å². The summed E-state index contributed by atoms with van der Waals surface area (Å²) in [7, 11) is 0.367. The highest BCUT2D eigenvalue weighted by Gasteiger charge is 2.19. The molecule has 42 valence electrons. The molecule has 7 heavy (non-hydrogen) atoms. The molecular formula is C4H9O2P. The van der Waals surface area contributed by atoms with Crippen molar-refractivity contribution in [2.45, 2.75) is 24.5 Å². The average Bonchev–Trinajstić information content (AvgIpc) is 1.87. The lowest BCUT2D eigenvalue weighted by atomic mass is 10.3. The van der Waals surface area contributed by atoms with Crippen molar-refractivity contribution in [1.82, 2.24) is 0 Å². The second-order valence-corrected chi connectivity index (χ2v) is 3.44. The van der Waals surface area contributed by atoms with Gasteiger partial charge in [-0.05, 0) is 12.8 Å². The summed E-state index contributed by atoms with van der Waals surface area (Å²) in [5, 5.41) is 17.5. The Kier molecular flexibility index (Phi) is 1.63. The maximum absolute atomic E-state index is 8.75. The van der Waals surface area contributed by atoms with Gasteiger partial charge in [-0.1, -0.05) is 8.58 Å². The van der Waals surface area contributed by atoms with Gasteiger partial charge in [-0.2, -0.15) is 0 Å². The van der Waals surface area contributed by atoms with E-state index in [4.69, 9.17) is 10.2 Å². The molecule has 2 nitrogen and oxygen atoms in total. The summed E-state index contributed by atoms with van der Waals surface area (Å²) in [6, 6.07) is 0. The highest BCUT2D eigenvalue weighted by molar-refractivity contribution is 7.39. The van der Waals surface area contributed by atoms with Crippen LogP contribution < -0.4 is 0 Å².